The molecule has 114 valence electrons. The van der Waals surface area contributed by atoms with Crippen molar-refractivity contribution < 1.29 is 24.6 Å². The Balaban J connectivity index is 2.52. The van der Waals surface area contributed by atoms with Gasteiger partial charge in [0.25, 0.3) is 0 Å². The Kier molecular flexibility index (Phi) is 6.92. The molecule has 8 heteroatoms. The number of rotatable bonds is 7. The number of nitrogens with one attached hydrogen (secondary N) is 2. The van der Waals surface area contributed by atoms with Crippen LogP contribution in [0.25, 0.3) is 0 Å². The van der Waals surface area contributed by atoms with Gasteiger partial charge in [0, 0.05) is 15.7 Å². The molecular formula is C13H15IN2O5. The number of aliphatic carboxylic acids is 2. The molecule has 0 radical (unpaired) electrons. The quantitative estimate of drug-likeness (QED) is 0.518. The number of amides is 2. The van der Waals surface area contributed by atoms with Gasteiger partial charge in [0.05, 0.1) is 0 Å². The molecule has 4 N–H and O–H groups in total. The van der Waals surface area contributed by atoms with Gasteiger partial charge in [-0.15, -0.1) is 0 Å². The number of hydrogen-bond acceptors (Lipinski definition) is 3. The van der Waals surface area contributed by atoms with Gasteiger partial charge in [0.2, 0.25) is 0 Å². The first-order valence-corrected chi connectivity index (χ1v) is 7.24. The van der Waals surface area contributed by atoms with Gasteiger partial charge >= 0.3 is 18.0 Å². The summed E-state index contributed by atoms with van der Waals surface area (Å²) in [6.45, 7) is 0. The van der Waals surface area contributed by atoms with E-state index in [-0.39, 0.29) is 19.3 Å². The average Bonchev–Trinajstić information content (AvgIpc) is 2.36. The first kappa shape index (κ1) is 17.2. The van der Waals surface area contributed by atoms with E-state index >= 15 is 0 Å². The molecule has 1 aromatic rings. The third-order valence-corrected chi connectivity index (χ3v) is 3.24. The number of benzene rings is 1. The minimum Gasteiger partial charge on any atom is -0.481 e. The zero-order chi connectivity index (χ0) is 15.8. The van der Waals surface area contributed by atoms with Crippen molar-refractivity contribution in [2.45, 2.75) is 25.3 Å². The zero-order valence-electron chi connectivity index (χ0n) is 11.0. The highest BCUT2D eigenvalue weighted by molar-refractivity contribution is 14.1. The van der Waals surface area contributed by atoms with E-state index in [9.17, 15) is 14.4 Å². The fourth-order valence-electron chi connectivity index (χ4n) is 1.61. The van der Waals surface area contributed by atoms with Gasteiger partial charge in [0.1, 0.15) is 6.04 Å². The molecule has 0 unspecified atom stereocenters. The van der Waals surface area contributed by atoms with E-state index in [2.05, 4.69) is 33.2 Å². The first-order chi connectivity index (χ1) is 9.88. The number of hydrogen-bond donors (Lipinski definition) is 4. The number of carbonyl (C=O) groups is 3. The second kappa shape index (κ2) is 8.45. The van der Waals surface area contributed by atoms with E-state index < -0.39 is 24.0 Å². The molecule has 1 atom stereocenters. The Hall–Kier alpha value is -1.84. The van der Waals surface area contributed by atoms with E-state index in [1.807, 2.05) is 6.07 Å². The highest BCUT2D eigenvalue weighted by Crippen LogP contribution is 2.12. The van der Waals surface area contributed by atoms with Crippen LogP contribution in [-0.4, -0.2) is 34.2 Å². The number of carbonyl (C=O) groups excluding carboxylic acids is 1. The van der Waals surface area contributed by atoms with E-state index in [1.54, 1.807) is 18.2 Å². The van der Waals surface area contributed by atoms with E-state index in [1.165, 1.54) is 0 Å². The molecule has 0 heterocycles. The third kappa shape index (κ3) is 6.93. The summed E-state index contributed by atoms with van der Waals surface area (Å²) in [5, 5.41) is 22.4. The Morgan fingerprint density at radius 2 is 1.95 bits per heavy atom. The highest BCUT2D eigenvalue weighted by atomic mass is 127. The molecule has 2 amide bonds. The number of carboxylic acids is 2. The average molecular weight is 406 g/mol. The Labute approximate surface area is 134 Å². The monoisotopic (exact) mass is 406 g/mol. The molecule has 0 aliphatic heterocycles. The smallest absolute Gasteiger partial charge is 0.326 e. The molecule has 1 aromatic carbocycles. The molecule has 0 saturated heterocycles. The summed E-state index contributed by atoms with van der Waals surface area (Å²) in [5.41, 5.74) is 0.550. The zero-order valence-corrected chi connectivity index (χ0v) is 13.2. The van der Waals surface area contributed by atoms with Crippen molar-refractivity contribution in [1.29, 1.82) is 0 Å². The fraction of sp³-hybridized carbons (Fsp3) is 0.308. The molecule has 0 aliphatic carbocycles. The summed E-state index contributed by atoms with van der Waals surface area (Å²) >= 11 is 2.09. The molecule has 7 nitrogen and oxygen atoms in total. The summed E-state index contributed by atoms with van der Waals surface area (Å²) in [4.78, 5) is 33.2. The fourth-order valence-corrected chi connectivity index (χ4v) is 2.15. The lowest BCUT2D eigenvalue weighted by Gasteiger charge is -2.14. The number of carboxylic acid groups (broad SMARTS) is 2. The number of halogens is 1. The number of urea groups is 1. The van der Waals surface area contributed by atoms with Gasteiger partial charge in [-0.1, -0.05) is 6.07 Å². The van der Waals surface area contributed by atoms with Crippen LogP contribution in [0.1, 0.15) is 19.3 Å². The normalized spacial score (nSPS) is 11.5. The molecule has 0 bridgehead atoms. The van der Waals surface area contributed by atoms with Gasteiger partial charge in [-0.25, -0.2) is 9.59 Å². The van der Waals surface area contributed by atoms with Crippen LogP contribution in [-0.2, 0) is 9.59 Å². The topological polar surface area (TPSA) is 116 Å². The van der Waals surface area contributed by atoms with Crippen LogP contribution in [0.3, 0.4) is 0 Å². The van der Waals surface area contributed by atoms with Crippen LogP contribution in [0, 0.1) is 3.57 Å². The Bertz CT molecular complexity index is 535. The van der Waals surface area contributed by atoms with Gasteiger partial charge in [-0.05, 0) is 53.6 Å². The van der Waals surface area contributed by atoms with Gasteiger partial charge in [0.15, 0.2) is 0 Å². The predicted octanol–water partition coefficient (Wildman–Crippen LogP) is 2.12. The lowest BCUT2D eigenvalue weighted by molar-refractivity contribution is -0.140. The largest absolute Gasteiger partial charge is 0.481 e. The summed E-state index contributed by atoms with van der Waals surface area (Å²) in [7, 11) is 0. The third-order valence-electron chi connectivity index (χ3n) is 2.57. The number of anilines is 1. The van der Waals surface area contributed by atoms with E-state index in [4.69, 9.17) is 10.2 Å². The maximum atomic E-state index is 11.7. The Morgan fingerprint density at radius 3 is 2.52 bits per heavy atom. The van der Waals surface area contributed by atoms with Crippen molar-refractivity contribution in [3.63, 3.8) is 0 Å². The van der Waals surface area contributed by atoms with E-state index in [0.717, 1.165) is 3.57 Å². The maximum Gasteiger partial charge on any atom is 0.326 e. The van der Waals surface area contributed by atoms with Crippen molar-refractivity contribution in [2.24, 2.45) is 0 Å². The van der Waals surface area contributed by atoms with E-state index in [0.29, 0.717) is 5.69 Å². The standard InChI is InChI=1S/C13H15IN2O5/c14-8-3-1-4-9(7-8)15-13(21)16-10(12(19)20)5-2-6-11(17)18/h1,3-4,7,10H,2,5-6H2,(H,17,18)(H,19,20)(H2,15,16,21)/t10-/m1/s1. The van der Waals surface area contributed by atoms with Crippen molar-refractivity contribution in [1.82, 2.24) is 5.32 Å². The summed E-state index contributed by atoms with van der Waals surface area (Å²) in [6.07, 6.45) is 0.0984. The Morgan fingerprint density at radius 1 is 1.24 bits per heavy atom. The molecule has 0 aromatic heterocycles. The van der Waals surface area contributed by atoms with Gasteiger partial charge in [-0.2, -0.15) is 0 Å². The van der Waals surface area contributed by atoms with Crippen LogP contribution in [0.4, 0.5) is 10.5 Å². The summed E-state index contributed by atoms with van der Waals surface area (Å²) in [6, 6.07) is 5.28. The minimum atomic E-state index is -1.20. The second-order valence-corrected chi connectivity index (χ2v) is 5.53. The molecule has 0 fully saturated rings. The van der Waals surface area contributed by atoms with Crippen LogP contribution >= 0.6 is 22.6 Å². The first-order valence-electron chi connectivity index (χ1n) is 6.16. The molecule has 0 saturated carbocycles. The minimum absolute atomic E-state index is 0.0569. The second-order valence-electron chi connectivity index (χ2n) is 4.29. The van der Waals surface area contributed by atoms with Crippen molar-refractivity contribution in [3.8, 4) is 0 Å². The molecule has 1 rings (SSSR count). The summed E-state index contributed by atoms with van der Waals surface area (Å²) < 4.78 is 0.932. The lowest BCUT2D eigenvalue weighted by Crippen LogP contribution is -2.43. The molecule has 0 aliphatic rings. The van der Waals surface area contributed by atoms with Crippen molar-refractivity contribution >= 4 is 46.2 Å². The molecular weight excluding hydrogens is 391 g/mol. The highest BCUT2D eigenvalue weighted by Gasteiger charge is 2.19. The predicted molar refractivity (Wildman–Crippen MR) is 84.2 cm³/mol. The van der Waals surface area contributed by atoms with Crippen LogP contribution in [0.15, 0.2) is 24.3 Å². The lowest BCUT2D eigenvalue weighted by atomic mass is 10.1. The van der Waals surface area contributed by atoms with Crippen LogP contribution < -0.4 is 10.6 Å². The van der Waals surface area contributed by atoms with Crippen molar-refractivity contribution in [2.75, 3.05) is 5.32 Å². The molecule has 21 heavy (non-hydrogen) atoms. The van der Waals surface area contributed by atoms with Gasteiger partial charge < -0.3 is 20.8 Å². The van der Waals surface area contributed by atoms with Crippen LogP contribution in [0.5, 0.6) is 0 Å². The van der Waals surface area contributed by atoms with Crippen molar-refractivity contribution in [3.05, 3.63) is 27.8 Å². The van der Waals surface area contributed by atoms with Gasteiger partial charge in [-0.3, -0.25) is 4.79 Å². The molecule has 0 spiro atoms. The summed E-state index contributed by atoms with van der Waals surface area (Å²) in [5.74, 6) is -2.19. The van der Waals surface area contributed by atoms with Crippen LogP contribution in [0.2, 0.25) is 0 Å². The SMILES string of the molecule is O=C(O)CCC[C@@H](NC(=O)Nc1cccc(I)c1)C(=O)O. The maximum absolute atomic E-state index is 11.7.